The predicted molar refractivity (Wildman–Crippen MR) is 167 cm³/mol. The van der Waals surface area contributed by atoms with E-state index in [1.807, 2.05) is 60.9 Å². The lowest BCUT2D eigenvalue weighted by molar-refractivity contribution is -0.147. The lowest BCUT2D eigenvalue weighted by atomic mass is 10.1. The van der Waals surface area contributed by atoms with Gasteiger partial charge in [0.2, 0.25) is 11.8 Å². The first-order chi connectivity index (χ1) is 21.3. The van der Waals surface area contributed by atoms with Gasteiger partial charge in [-0.25, -0.2) is 10.1 Å². The van der Waals surface area contributed by atoms with Crippen molar-refractivity contribution >= 4 is 42.4 Å². The number of nitrogens with one attached hydrogen (secondary N) is 1. The molecule has 44 heavy (non-hydrogen) atoms. The summed E-state index contributed by atoms with van der Waals surface area (Å²) in [6, 6.07) is 13.3. The van der Waals surface area contributed by atoms with Gasteiger partial charge in [0.15, 0.2) is 11.2 Å². The van der Waals surface area contributed by atoms with Gasteiger partial charge >= 0.3 is 14.5 Å². The monoisotopic (exact) mass is 622 g/mol. The molecule has 2 aromatic carbocycles. The molecule has 4 aromatic rings. The lowest BCUT2D eigenvalue weighted by Gasteiger charge is -2.27. The molecule has 5 atom stereocenters. The van der Waals surface area contributed by atoms with Crippen LogP contribution in [-0.2, 0) is 18.8 Å². The van der Waals surface area contributed by atoms with E-state index < -0.39 is 14.6 Å². The molecule has 0 spiro atoms. The van der Waals surface area contributed by atoms with Gasteiger partial charge < -0.3 is 29.0 Å². The van der Waals surface area contributed by atoms with Crippen LogP contribution in [0.15, 0.2) is 48.8 Å². The number of carbonyl (C=O) groups excluding carboxylic acids is 1. The fourth-order valence-electron chi connectivity index (χ4n) is 5.37. The van der Waals surface area contributed by atoms with E-state index in [-0.39, 0.29) is 42.7 Å². The number of carbonyl (C=O) groups is 1. The third-order valence-corrected chi connectivity index (χ3v) is 9.19. The van der Waals surface area contributed by atoms with Gasteiger partial charge in [-0.1, -0.05) is 57.2 Å². The van der Waals surface area contributed by atoms with Crippen molar-refractivity contribution in [3.63, 3.8) is 0 Å². The molecule has 2 aliphatic rings. The average Bonchev–Trinajstić information content (AvgIpc) is 3.65. The van der Waals surface area contributed by atoms with E-state index in [0.29, 0.717) is 35.3 Å². The normalized spacial score (nSPS) is 21.5. The molecular weight excluding hydrogens is 583 g/mol. The zero-order chi connectivity index (χ0) is 30.8. The van der Waals surface area contributed by atoms with E-state index >= 15 is 0 Å². The molecule has 6 rings (SSSR count). The van der Waals surface area contributed by atoms with Crippen molar-refractivity contribution in [3.05, 3.63) is 48.8 Å². The van der Waals surface area contributed by atoms with Gasteiger partial charge in [-0.15, -0.1) is 0 Å². The second-order valence-corrected chi connectivity index (χ2v) is 13.0. The predicted octanol–water partition coefficient (Wildman–Crippen LogP) is 5.38. The van der Waals surface area contributed by atoms with Crippen LogP contribution in [0.2, 0.25) is 0 Å². The maximum absolute atomic E-state index is 13.1. The molecule has 1 saturated heterocycles. The highest BCUT2D eigenvalue weighted by molar-refractivity contribution is 7.45. The fourth-order valence-corrected chi connectivity index (χ4v) is 6.82. The van der Waals surface area contributed by atoms with Crippen LogP contribution in [0, 0.1) is 17.8 Å². The van der Waals surface area contributed by atoms with Crippen molar-refractivity contribution in [2.75, 3.05) is 26.1 Å². The second-order valence-electron chi connectivity index (χ2n) is 11.8. The Morgan fingerprint density at radius 1 is 1.16 bits per heavy atom. The Kier molecular flexibility index (Phi) is 9.13. The van der Waals surface area contributed by atoms with E-state index in [2.05, 4.69) is 27.0 Å². The summed E-state index contributed by atoms with van der Waals surface area (Å²) in [6.45, 7) is 6.77. The van der Waals surface area contributed by atoms with Gasteiger partial charge in [-0.2, -0.15) is 9.97 Å². The van der Waals surface area contributed by atoms with Crippen LogP contribution >= 0.6 is 8.53 Å². The minimum Gasteiger partial charge on any atom is -0.479 e. The Hall–Kier alpha value is -3.57. The van der Waals surface area contributed by atoms with Crippen molar-refractivity contribution in [2.45, 2.75) is 58.4 Å². The van der Waals surface area contributed by atoms with Crippen molar-refractivity contribution in [3.8, 4) is 11.6 Å². The lowest BCUT2D eigenvalue weighted by Crippen LogP contribution is -2.41. The molecule has 0 radical (unpaired) electrons. The maximum Gasteiger partial charge on any atom is 0.323 e. The summed E-state index contributed by atoms with van der Waals surface area (Å²) in [4.78, 5) is 26.1. The molecule has 1 aliphatic carbocycles. The number of fused-ring (bicyclic) bond motifs is 2. The summed E-state index contributed by atoms with van der Waals surface area (Å²) < 4.78 is 32.2. The van der Waals surface area contributed by atoms with Gasteiger partial charge in [0.05, 0.1) is 32.8 Å². The Labute approximate surface area is 257 Å². The standard InChI is InChI=1S/C31H39N6O6P/c1-18(2)25(30(38)40-15-20-12-13-20)36-44(43-24-11-7-9-21-8-5-6-10-23(21)24)41-16-22-14-19(3)29(42-22)37-17-33-26-27(37)34-31(32)35-28(26)39-4/h5-11,17-20,22,25,29,36H,12-16H2,1-4H3,(H2,32,34,35)/t19-,22-,25?,29?,44?/m0/s1. The van der Waals surface area contributed by atoms with Crippen LogP contribution < -0.4 is 20.1 Å². The number of ether oxygens (including phenoxy) is 3. The number of benzene rings is 2. The molecule has 0 amide bonds. The minimum absolute atomic E-state index is 0.0421. The number of aromatic nitrogens is 4. The Balaban J connectivity index is 1.19. The summed E-state index contributed by atoms with van der Waals surface area (Å²) in [5.74, 6) is 1.35. The summed E-state index contributed by atoms with van der Waals surface area (Å²) >= 11 is 0. The molecule has 3 unspecified atom stereocenters. The number of methoxy groups -OCH3 is 1. The van der Waals surface area contributed by atoms with Crippen LogP contribution in [0.3, 0.4) is 0 Å². The molecule has 234 valence electrons. The smallest absolute Gasteiger partial charge is 0.323 e. The maximum atomic E-state index is 13.1. The molecule has 3 heterocycles. The molecular formula is C31H39N6O6P. The van der Waals surface area contributed by atoms with Gasteiger partial charge in [0.25, 0.3) is 0 Å². The second kappa shape index (κ2) is 13.2. The highest BCUT2D eigenvalue weighted by atomic mass is 31.2. The number of nitrogen functional groups attached to an aromatic ring is 1. The van der Waals surface area contributed by atoms with Crippen LogP contribution in [0.25, 0.3) is 21.9 Å². The first-order valence-corrected chi connectivity index (χ1v) is 16.2. The summed E-state index contributed by atoms with van der Waals surface area (Å²) in [5.41, 5.74) is 6.99. The van der Waals surface area contributed by atoms with Crippen LogP contribution in [0.4, 0.5) is 5.95 Å². The number of anilines is 1. The zero-order valence-electron chi connectivity index (χ0n) is 25.4. The molecule has 2 fully saturated rings. The van der Waals surface area contributed by atoms with E-state index in [1.165, 1.54) is 7.11 Å². The molecule has 2 aromatic heterocycles. The Morgan fingerprint density at radius 3 is 2.73 bits per heavy atom. The minimum atomic E-state index is -1.76. The van der Waals surface area contributed by atoms with Crippen molar-refractivity contribution in [1.82, 2.24) is 24.6 Å². The number of hydrogen-bond acceptors (Lipinski definition) is 11. The number of nitrogens with zero attached hydrogens (tertiary/aromatic N) is 4. The SMILES string of the molecule is COc1nc(N)nc2c1ncn2C1O[C@H](COP(NC(C(=O)OCC2CC2)C(C)C)Oc2cccc3ccccc23)C[C@@H]1C. The molecule has 13 heteroatoms. The van der Waals surface area contributed by atoms with Gasteiger partial charge in [0, 0.05) is 11.3 Å². The topological polar surface area (TPSA) is 145 Å². The van der Waals surface area contributed by atoms with Gasteiger partial charge in [0.1, 0.15) is 18.0 Å². The van der Waals surface area contributed by atoms with Gasteiger partial charge in [-0.3, -0.25) is 9.36 Å². The average molecular weight is 623 g/mol. The van der Waals surface area contributed by atoms with E-state index in [9.17, 15) is 4.79 Å². The third kappa shape index (κ3) is 6.73. The van der Waals surface area contributed by atoms with Crippen molar-refractivity contribution < 1.29 is 28.1 Å². The number of rotatable bonds is 13. The first kappa shape index (κ1) is 30.5. The Bertz CT molecular complexity index is 1610. The Morgan fingerprint density at radius 2 is 1.95 bits per heavy atom. The van der Waals surface area contributed by atoms with E-state index in [0.717, 1.165) is 30.0 Å². The highest BCUT2D eigenvalue weighted by Gasteiger charge is 2.37. The van der Waals surface area contributed by atoms with Crippen LogP contribution in [-0.4, -0.2) is 58.0 Å². The number of esters is 1. The molecule has 12 nitrogen and oxygen atoms in total. The van der Waals surface area contributed by atoms with E-state index in [4.69, 9.17) is 29.0 Å². The molecule has 1 saturated carbocycles. The van der Waals surface area contributed by atoms with Crippen LogP contribution in [0.5, 0.6) is 11.6 Å². The molecule has 0 bridgehead atoms. The fraction of sp³-hybridized carbons (Fsp3) is 0.484. The summed E-state index contributed by atoms with van der Waals surface area (Å²) in [7, 11) is -0.238. The van der Waals surface area contributed by atoms with Crippen molar-refractivity contribution in [2.24, 2.45) is 17.8 Å². The number of nitrogens with two attached hydrogens (primary N) is 1. The third-order valence-electron chi connectivity index (χ3n) is 7.96. The number of imidazole rings is 1. The van der Waals surface area contributed by atoms with Crippen molar-refractivity contribution in [1.29, 1.82) is 0 Å². The number of hydrogen-bond donors (Lipinski definition) is 2. The first-order valence-electron chi connectivity index (χ1n) is 15.0. The zero-order valence-corrected chi connectivity index (χ0v) is 26.3. The molecule has 3 N–H and O–H groups in total. The summed E-state index contributed by atoms with van der Waals surface area (Å²) in [5, 5.41) is 5.37. The summed E-state index contributed by atoms with van der Waals surface area (Å²) in [6.07, 6.45) is 4.04. The largest absolute Gasteiger partial charge is 0.479 e. The highest BCUT2D eigenvalue weighted by Crippen LogP contribution is 2.43. The van der Waals surface area contributed by atoms with E-state index in [1.54, 1.807) is 6.33 Å². The molecule has 1 aliphatic heterocycles. The van der Waals surface area contributed by atoms with Crippen LogP contribution in [0.1, 0.15) is 46.3 Å². The van der Waals surface area contributed by atoms with Gasteiger partial charge in [-0.05, 0) is 42.6 Å². The quantitative estimate of drug-likeness (QED) is 0.146.